The molecule has 0 aliphatic carbocycles. The fraction of sp³-hybridized carbons (Fsp3) is 0.440. The minimum atomic E-state index is -0.402. The molecule has 4 rings (SSSR count). The van der Waals surface area contributed by atoms with Gasteiger partial charge in [-0.3, -0.25) is 4.79 Å². The predicted molar refractivity (Wildman–Crippen MR) is 123 cm³/mol. The standard InChI is InChI=1S/C25H31N3O5/c1-25(2,3)27-24(30)28-13-18(17-7-5-6-8-20(17)31-4)19(14-28)23(29)26-12-16-9-10-21-22(11-16)33-15-32-21/h5-11,18-19H,12-15H2,1-4H3,(H,26,29)(H,27,30)/t18-,19+/m0/s1. The quantitative estimate of drug-likeness (QED) is 0.726. The number of fused-ring (bicyclic) bond motifs is 1. The van der Waals surface area contributed by atoms with E-state index in [1.165, 1.54) is 0 Å². The van der Waals surface area contributed by atoms with Crippen molar-refractivity contribution in [1.82, 2.24) is 15.5 Å². The van der Waals surface area contributed by atoms with E-state index in [1.807, 2.05) is 63.2 Å². The molecule has 8 nitrogen and oxygen atoms in total. The summed E-state index contributed by atoms with van der Waals surface area (Å²) in [7, 11) is 1.62. The number of nitrogens with one attached hydrogen (secondary N) is 2. The molecule has 1 saturated heterocycles. The highest BCUT2D eigenvalue weighted by molar-refractivity contribution is 5.83. The number of rotatable bonds is 5. The highest BCUT2D eigenvalue weighted by Crippen LogP contribution is 2.38. The summed E-state index contributed by atoms with van der Waals surface area (Å²) in [5, 5.41) is 6.04. The number of carbonyl (C=O) groups is 2. The number of methoxy groups -OCH3 is 1. The molecule has 2 heterocycles. The molecule has 0 spiro atoms. The molecule has 176 valence electrons. The number of nitrogens with zero attached hydrogens (tertiary/aromatic N) is 1. The van der Waals surface area contributed by atoms with Gasteiger partial charge in [-0.2, -0.15) is 0 Å². The van der Waals surface area contributed by atoms with Crippen LogP contribution in [0.5, 0.6) is 17.2 Å². The van der Waals surface area contributed by atoms with Gasteiger partial charge < -0.3 is 29.7 Å². The highest BCUT2D eigenvalue weighted by Gasteiger charge is 2.42. The summed E-state index contributed by atoms with van der Waals surface area (Å²) in [5.74, 6) is 1.42. The third kappa shape index (κ3) is 5.16. The Morgan fingerprint density at radius 1 is 1.09 bits per heavy atom. The number of para-hydroxylation sites is 1. The topological polar surface area (TPSA) is 89.1 Å². The first kappa shape index (κ1) is 22.8. The maximum atomic E-state index is 13.3. The van der Waals surface area contributed by atoms with E-state index < -0.39 is 5.92 Å². The van der Waals surface area contributed by atoms with Crippen LogP contribution in [0, 0.1) is 5.92 Å². The van der Waals surface area contributed by atoms with Crippen molar-refractivity contribution in [3.8, 4) is 17.2 Å². The number of likely N-dealkylation sites (tertiary alicyclic amines) is 1. The normalized spacial score (nSPS) is 19.3. The van der Waals surface area contributed by atoms with Crippen molar-refractivity contribution >= 4 is 11.9 Å². The molecule has 3 amide bonds. The number of hydrogen-bond donors (Lipinski definition) is 2. The number of amides is 3. The number of carbonyl (C=O) groups excluding carboxylic acids is 2. The van der Waals surface area contributed by atoms with E-state index in [4.69, 9.17) is 14.2 Å². The van der Waals surface area contributed by atoms with Crippen molar-refractivity contribution in [1.29, 1.82) is 0 Å². The van der Waals surface area contributed by atoms with Crippen LogP contribution in [0.15, 0.2) is 42.5 Å². The molecule has 0 unspecified atom stereocenters. The van der Waals surface area contributed by atoms with Crippen LogP contribution in [0.25, 0.3) is 0 Å². The van der Waals surface area contributed by atoms with E-state index in [1.54, 1.807) is 12.0 Å². The number of benzene rings is 2. The molecule has 1 fully saturated rings. The van der Waals surface area contributed by atoms with E-state index in [0.29, 0.717) is 36.9 Å². The number of ether oxygens (including phenoxy) is 3. The zero-order valence-electron chi connectivity index (χ0n) is 19.5. The lowest BCUT2D eigenvalue weighted by molar-refractivity contribution is -0.125. The summed E-state index contributed by atoms with van der Waals surface area (Å²) >= 11 is 0. The van der Waals surface area contributed by atoms with E-state index in [9.17, 15) is 9.59 Å². The molecule has 2 aliphatic rings. The Kier molecular flexibility index (Phi) is 6.35. The van der Waals surface area contributed by atoms with Gasteiger partial charge >= 0.3 is 6.03 Å². The summed E-state index contributed by atoms with van der Waals surface area (Å²) in [5.41, 5.74) is 1.48. The van der Waals surface area contributed by atoms with Gasteiger partial charge in [0.2, 0.25) is 12.7 Å². The third-order valence-electron chi connectivity index (χ3n) is 5.87. The lowest BCUT2D eigenvalue weighted by atomic mass is 9.87. The van der Waals surface area contributed by atoms with E-state index >= 15 is 0 Å². The van der Waals surface area contributed by atoms with Gasteiger partial charge in [0.25, 0.3) is 0 Å². The zero-order valence-corrected chi connectivity index (χ0v) is 19.5. The second-order valence-corrected chi connectivity index (χ2v) is 9.45. The molecule has 0 saturated carbocycles. The molecule has 0 radical (unpaired) electrons. The summed E-state index contributed by atoms with van der Waals surface area (Å²) < 4.78 is 16.3. The smallest absolute Gasteiger partial charge is 0.317 e. The third-order valence-corrected chi connectivity index (χ3v) is 5.87. The van der Waals surface area contributed by atoms with Crippen molar-refractivity contribution in [2.75, 3.05) is 27.0 Å². The first-order valence-electron chi connectivity index (χ1n) is 11.1. The molecule has 2 atom stereocenters. The molecule has 0 aromatic heterocycles. The van der Waals surface area contributed by atoms with Crippen molar-refractivity contribution in [2.45, 2.75) is 38.8 Å². The molecular formula is C25H31N3O5. The summed E-state index contributed by atoms with van der Waals surface area (Å²) in [6, 6.07) is 13.1. The second kappa shape index (κ2) is 9.21. The van der Waals surface area contributed by atoms with Crippen molar-refractivity contribution < 1.29 is 23.8 Å². The van der Waals surface area contributed by atoms with Gasteiger partial charge in [0, 0.05) is 31.1 Å². The Morgan fingerprint density at radius 3 is 2.61 bits per heavy atom. The fourth-order valence-corrected chi connectivity index (χ4v) is 4.29. The lowest BCUT2D eigenvalue weighted by Gasteiger charge is -2.25. The molecular weight excluding hydrogens is 422 g/mol. The monoisotopic (exact) mass is 453 g/mol. The van der Waals surface area contributed by atoms with Crippen LogP contribution in [0.3, 0.4) is 0 Å². The van der Waals surface area contributed by atoms with E-state index in [2.05, 4.69) is 10.6 Å². The van der Waals surface area contributed by atoms with Gasteiger partial charge in [-0.25, -0.2) is 4.79 Å². The molecule has 2 aliphatic heterocycles. The Hall–Kier alpha value is -3.42. The van der Waals surface area contributed by atoms with Gasteiger partial charge in [-0.1, -0.05) is 24.3 Å². The Balaban J connectivity index is 1.52. The largest absolute Gasteiger partial charge is 0.496 e. The summed E-state index contributed by atoms with van der Waals surface area (Å²) in [6.07, 6.45) is 0. The van der Waals surface area contributed by atoms with Crippen LogP contribution in [0.1, 0.15) is 37.8 Å². The maximum absolute atomic E-state index is 13.3. The first-order valence-corrected chi connectivity index (χ1v) is 11.1. The SMILES string of the molecule is COc1ccccc1[C@@H]1CN(C(=O)NC(C)(C)C)C[C@H]1C(=O)NCc1ccc2c(c1)OCO2. The van der Waals surface area contributed by atoms with E-state index in [-0.39, 0.29) is 30.2 Å². The van der Waals surface area contributed by atoms with Crippen molar-refractivity contribution in [3.05, 3.63) is 53.6 Å². The van der Waals surface area contributed by atoms with Crippen LogP contribution < -0.4 is 24.8 Å². The minimum Gasteiger partial charge on any atom is -0.496 e. The van der Waals surface area contributed by atoms with Crippen LogP contribution in [0.2, 0.25) is 0 Å². The maximum Gasteiger partial charge on any atom is 0.317 e. The van der Waals surface area contributed by atoms with Crippen LogP contribution in [0.4, 0.5) is 4.79 Å². The Morgan fingerprint density at radius 2 is 1.85 bits per heavy atom. The average molecular weight is 454 g/mol. The summed E-state index contributed by atoms with van der Waals surface area (Å²) in [4.78, 5) is 27.9. The molecule has 2 N–H and O–H groups in total. The molecule has 33 heavy (non-hydrogen) atoms. The highest BCUT2D eigenvalue weighted by atomic mass is 16.7. The van der Waals surface area contributed by atoms with Gasteiger partial charge in [-0.15, -0.1) is 0 Å². The second-order valence-electron chi connectivity index (χ2n) is 9.45. The predicted octanol–water partition coefficient (Wildman–Crippen LogP) is 3.26. The van der Waals surface area contributed by atoms with Crippen LogP contribution in [-0.4, -0.2) is 49.4 Å². The van der Waals surface area contributed by atoms with Crippen LogP contribution in [-0.2, 0) is 11.3 Å². The number of urea groups is 1. The van der Waals surface area contributed by atoms with Gasteiger partial charge in [0.15, 0.2) is 11.5 Å². The van der Waals surface area contributed by atoms with E-state index in [0.717, 1.165) is 11.1 Å². The Bertz CT molecular complexity index is 1030. The number of hydrogen-bond acceptors (Lipinski definition) is 5. The summed E-state index contributed by atoms with van der Waals surface area (Å²) in [6.45, 7) is 7.15. The first-order chi connectivity index (χ1) is 15.7. The van der Waals surface area contributed by atoms with Crippen molar-refractivity contribution in [3.63, 3.8) is 0 Å². The van der Waals surface area contributed by atoms with Gasteiger partial charge in [0.05, 0.1) is 13.0 Å². The lowest BCUT2D eigenvalue weighted by Crippen LogP contribution is -2.48. The fourth-order valence-electron chi connectivity index (χ4n) is 4.29. The minimum absolute atomic E-state index is 0.102. The molecule has 0 bridgehead atoms. The molecule has 8 heteroatoms. The Labute approximate surface area is 194 Å². The average Bonchev–Trinajstić information content (AvgIpc) is 3.43. The van der Waals surface area contributed by atoms with Gasteiger partial charge in [0.1, 0.15) is 5.75 Å². The zero-order chi connectivity index (χ0) is 23.6. The van der Waals surface area contributed by atoms with Crippen LogP contribution >= 0.6 is 0 Å². The molecule has 2 aromatic rings. The molecule has 2 aromatic carbocycles. The van der Waals surface area contributed by atoms with Crippen molar-refractivity contribution in [2.24, 2.45) is 5.92 Å². The van der Waals surface area contributed by atoms with Gasteiger partial charge in [-0.05, 0) is 50.1 Å².